The second kappa shape index (κ2) is 6.21. The van der Waals surface area contributed by atoms with Crippen LogP contribution in [0.15, 0.2) is 36.7 Å². The molecule has 2 aromatic rings. The Morgan fingerprint density at radius 1 is 1.19 bits per heavy atom. The van der Waals surface area contributed by atoms with Gasteiger partial charge in [-0.25, -0.2) is 13.4 Å². The number of aromatic nitrogens is 2. The Morgan fingerprint density at radius 2 is 1.96 bits per heavy atom. The predicted octanol–water partition coefficient (Wildman–Crippen LogP) is 1.41. The van der Waals surface area contributed by atoms with E-state index in [9.17, 15) is 8.42 Å². The van der Waals surface area contributed by atoms with Crippen LogP contribution >= 0.6 is 0 Å². The molecule has 0 saturated carbocycles. The summed E-state index contributed by atoms with van der Waals surface area (Å²) in [6.07, 6.45) is 5.61. The van der Waals surface area contributed by atoms with Crippen molar-refractivity contribution in [1.82, 2.24) is 14.9 Å². The molecular formula is C18H22N4O3S. The minimum atomic E-state index is -3.32. The minimum Gasteiger partial charge on any atom is -0.481 e. The van der Waals surface area contributed by atoms with Gasteiger partial charge in [0, 0.05) is 43.0 Å². The van der Waals surface area contributed by atoms with Crippen LogP contribution in [-0.4, -0.2) is 56.3 Å². The molecule has 0 aromatic carbocycles. The van der Waals surface area contributed by atoms with Gasteiger partial charge in [0.25, 0.3) is 0 Å². The van der Waals surface area contributed by atoms with Crippen molar-refractivity contribution in [2.24, 2.45) is 0 Å². The van der Waals surface area contributed by atoms with Gasteiger partial charge in [-0.15, -0.1) is 0 Å². The van der Waals surface area contributed by atoms with Gasteiger partial charge in [0.2, 0.25) is 15.9 Å². The highest BCUT2D eigenvalue weighted by atomic mass is 32.2. The molecule has 0 radical (unpaired) electrons. The summed E-state index contributed by atoms with van der Waals surface area (Å²) in [4.78, 5) is 11.1. The molecule has 8 heteroatoms. The van der Waals surface area contributed by atoms with E-state index in [4.69, 9.17) is 4.74 Å². The average Bonchev–Trinajstić information content (AvgIpc) is 3.18. The number of fused-ring (bicyclic) bond motifs is 2. The molecule has 0 bridgehead atoms. The molecule has 138 valence electrons. The molecule has 0 unspecified atom stereocenters. The van der Waals surface area contributed by atoms with Crippen LogP contribution in [0, 0.1) is 0 Å². The molecule has 4 heterocycles. The Hall–Kier alpha value is -2.19. The quantitative estimate of drug-likeness (QED) is 0.805. The third-order valence-corrected chi connectivity index (χ3v) is 6.40. The number of rotatable bonds is 4. The van der Waals surface area contributed by atoms with Gasteiger partial charge in [0.15, 0.2) is 0 Å². The van der Waals surface area contributed by atoms with Gasteiger partial charge in [0.05, 0.1) is 24.7 Å². The zero-order valence-corrected chi connectivity index (χ0v) is 15.7. The number of hydrogen-bond acceptors (Lipinski definition) is 6. The fourth-order valence-corrected chi connectivity index (χ4v) is 5.11. The first-order valence-electron chi connectivity index (χ1n) is 8.56. The number of pyridine rings is 2. The monoisotopic (exact) mass is 374 g/mol. The molecule has 1 fully saturated rings. The summed E-state index contributed by atoms with van der Waals surface area (Å²) in [6.45, 7) is 2.82. The van der Waals surface area contributed by atoms with E-state index in [-0.39, 0.29) is 5.41 Å². The summed E-state index contributed by atoms with van der Waals surface area (Å²) in [5.41, 5.74) is 2.39. The number of sulfonamides is 1. The molecule has 1 saturated heterocycles. The second-order valence-electron chi connectivity index (χ2n) is 7.05. The summed E-state index contributed by atoms with van der Waals surface area (Å²) < 4.78 is 31.4. The second-order valence-corrected chi connectivity index (χ2v) is 8.96. The molecular weight excluding hydrogens is 352 g/mol. The number of methoxy groups -OCH3 is 1. The van der Waals surface area contributed by atoms with E-state index in [2.05, 4.69) is 14.9 Å². The minimum absolute atomic E-state index is 0.255. The number of ether oxygens (including phenoxy) is 1. The van der Waals surface area contributed by atoms with Gasteiger partial charge in [-0.2, -0.15) is 0 Å². The average molecular weight is 374 g/mol. The molecule has 7 nitrogen and oxygen atoms in total. The molecule has 0 aliphatic carbocycles. The first kappa shape index (κ1) is 17.2. The third kappa shape index (κ3) is 2.83. The van der Waals surface area contributed by atoms with E-state index >= 15 is 0 Å². The highest BCUT2D eigenvalue weighted by Gasteiger charge is 2.50. The van der Waals surface area contributed by atoms with Crippen molar-refractivity contribution in [3.05, 3.63) is 47.9 Å². The van der Waals surface area contributed by atoms with Gasteiger partial charge in [-0.3, -0.25) is 14.2 Å². The van der Waals surface area contributed by atoms with Crippen molar-refractivity contribution in [1.29, 1.82) is 0 Å². The van der Waals surface area contributed by atoms with Crippen LogP contribution in [0.5, 0.6) is 5.88 Å². The van der Waals surface area contributed by atoms with E-state index in [0.717, 1.165) is 43.0 Å². The smallest absolute Gasteiger partial charge is 0.232 e. The summed E-state index contributed by atoms with van der Waals surface area (Å²) in [6, 6.07) is 7.57. The van der Waals surface area contributed by atoms with Crippen molar-refractivity contribution in [2.45, 2.75) is 18.4 Å². The van der Waals surface area contributed by atoms with Crippen LogP contribution in [0.4, 0.5) is 5.69 Å². The fourth-order valence-electron chi connectivity index (χ4n) is 4.12. The molecule has 1 atom stereocenters. The molecule has 4 rings (SSSR count). The Kier molecular flexibility index (Phi) is 4.11. The van der Waals surface area contributed by atoms with Crippen molar-refractivity contribution < 1.29 is 13.2 Å². The van der Waals surface area contributed by atoms with Crippen LogP contribution in [0.3, 0.4) is 0 Å². The van der Waals surface area contributed by atoms with Crippen LogP contribution < -0.4 is 9.04 Å². The normalized spacial score (nSPS) is 22.8. The van der Waals surface area contributed by atoms with Crippen LogP contribution in [-0.2, 0) is 22.0 Å². The first-order chi connectivity index (χ1) is 12.4. The fraction of sp³-hybridized carbons (Fsp3) is 0.444. The van der Waals surface area contributed by atoms with Gasteiger partial charge in [-0.1, -0.05) is 6.07 Å². The largest absolute Gasteiger partial charge is 0.481 e. The molecule has 2 aliphatic heterocycles. The zero-order chi connectivity index (χ0) is 18.4. The highest BCUT2D eigenvalue weighted by Crippen LogP contribution is 2.46. The lowest BCUT2D eigenvalue weighted by Crippen LogP contribution is -2.38. The van der Waals surface area contributed by atoms with Crippen LogP contribution in [0.2, 0.25) is 0 Å². The number of hydrogen-bond donors (Lipinski definition) is 0. The maximum absolute atomic E-state index is 12.3. The van der Waals surface area contributed by atoms with Crippen molar-refractivity contribution in [2.75, 3.05) is 37.3 Å². The molecule has 2 aliphatic rings. The van der Waals surface area contributed by atoms with Crippen molar-refractivity contribution in [3.8, 4) is 5.88 Å². The zero-order valence-electron chi connectivity index (χ0n) is 14.9. The maximum atomic E-state index is 12.3. The standard InChI is InChI=1S/C18H22N4O3S/c1-25-17-14(5-3-9-20-17)11-21-10-7-18(12-21)13-22(26(2,23)24)15-6-4-8-19-16(15)18/h3-6,8-9H,7,10-13H2,1-2H3/t18-/m1/s1. The molecule has 0 amide bonds. The third-order valence-electron chi connectivity index (χ3n) is 5.27. The lowest BCUT2D eigenvalue weighted by atomic mass is 9.85. The first-order valence-corrected chi connectivity index (χ1v) is 10.4. The van der Waals surface area contributed by atoms with Gasteiger partial charge < -0.3 is 4.74 Å². The van der Waals surface area contributed by atoms with Crippen molar-refractivity contribution in [3.63, 3.8) is 0 Å². The highest BCUT2D eigenvalue weighted by molar-refractivity contribution is 7.92. The molecule has 2 aromatic heterocycles. The van der Waals surface area contributed by atoms with Gasteiger partial charge >= 0.3 is 0 Å². The number of nitrogens with zero attached hydrogens (tertiary/aromatic N) is 4. The van der Waals surface area contributed by atoms with E-state index in [0.29, 0.717) is 12.4 Å². The summed E-state index contributed by atoms with van der Waals surface area (Å²) in [7, 11) is -1.70. The van der Waals surface area contributed by atoms with E-state index in [1.165, 1.54) is 10.6 Å². The van der Waals surface area contributed by atoms with E-state index in [1.54, 1.807) is 25.6 Å². The summed E-state index contributed by atoms with van der Waals surface area (Å²) in [5.74, 6) is 0.635. The number of anilines is 1. The number of likely N-dealkylation sites (tertiary alicyclic amines) is 1. The van der Waals surface area contributed by atoms with Gasteiger partial charge in [-0.05, 0) is 31.2 Å². The van der Waals surface area contributed by atoms with Crippen LogP contribution in [0.1, 0.15) is 17.7 Å². The Morgan fingerprint density at radius 3 is 2.73 bits per heavy atom. The molecule has 1 spiro atoms. The lowest BCUT2D eigenvalue weighted by molar-refractivity contribution is 0.297. The SMILES string of the molecule is COc1ncccc1CN1CC[C@@]2(C1)CN(S(C)(=O)=O)c1cccnc12. The Labute approximate surface area is 153 Å². The Balaban J connectivity index is 1.62. The predicted molar refractivity (Wildman–Crippen MR) is 98.8 cm³/mol. The molecule has 0 N–H and O–H groups in total. The van der Waals surface area contributed by atoms with Crippen molar-refractivity contribution >= 4 is 15.7 Å². The maximum Gasteiger partial charge on any atom is 0.232 e. The summed E-state index contributed by atoms with van der Waals surface area (Å²) in [5, 5.41) is 0. The Bertz CT molecular complexity index is 934. The lowest BCUT2D eigenvalue weighted by Gasteiger charge is -2.25. The molecule has 26 heavy (non-hydrogen) atoms. The van der Waals surface area contributed by atoms with Crippen LogP contribution in [0.25, 0.3) is 0 Å². The van der Waals surface area contributed by atoms with E-state index < -0.39 is 10.0 Å². The topological polar surface area (TPSA) is 75.6 Å². The van der Waals surface area contributed by atoms with E-state index in [1.807, 2.05) is 18.2 Å². The van der Waals surface area contributed by atoms with Gasteiger partial charge in [0.1, 0.15) is 0 Å². The summed E-state index contributed by atoms with van der Waals surface area (Å²) >= 11 is 0.